The lowest BCUT2D eigenvalue weighted by Crippen LogP contribution is -2.05. The maximum Gasteiger partial charge on any atom is 0.196 e. The number of nitrogens with two attached hydrogens (primary N) is 3. The van der Waals surface area contributed by atoms with E-state index in [0.717, 1.165) is 52.2 Å². The van der Waals surface area contributed by atoms with Crippen LogP contribution in [0.3, 0.4) is 0 Å². The molecule has 0 spiro atoms. The molecule has 5 rings (SSSR count). The van der Waals surface area contributed by atoms with Crippen LogP contribution in [-0.2, 0) is 0 Å². The zero-order valence-electron chi connectivity index (χ0n) is 15.2. The zero-order chi connectivity index (χ0) is 20.0. The Morgan fingerprint density at radius 2 is 1.28 bits per heavy atom. The SMILES string of the molecule is Nc1ccc(-c2ccc3sc(N(c4ccc(N)s4)c4ccc(N)s4)nc3c2)cc1. The number of anilines is 6. The predicted octanol–water partition coefficient (Wildman–Crippen LogP) is 6.30. The summed E-state index contributed by atoms with van der Waals surface area (Å²) in [6.07, 6.45) is 0. The molecule has 6 N–H and O–H groups in total. The number of nitrogens with zero attached hydrogens (tertiary/aromatic N) is 2. The number of aromatic nitrogens is 1. The van der Waals surface area contributed by atoms with E-state index in [0.29, 0.717) is 0 Å². The molecule has 0 atom stereocenters. The van der Waals surface area contributed by atoms with Crippen molar-refractivity contribution in [2.75, 3.05) is 22.1 Å². The van der Waals surface area contributed by atoms with Crippen LogP contribution in [-0.4, -0.2) is 4.98 Å². The van der Waals surface area contributed by atoms with Gasteiger partial charge in [0.15, 0.2) is 5.13 Å². The van der Waals surface area contributed by atoms with Crippen molar-refractivity contribution in [2.45, 2.75) is 0 Å². The second-order valence-corrected chi connectivity index (χ2v) is 9.69. The van der Waals surface area contributed by atoms with Crippen molar-refractivity contribution in [3.05, 3.63) is 66.7 Å². The maximum atomic E-state index is 5.99. The minimum absolute atomic E-state index is 0.756. The fourth-order valence-electron chi connectivity index (χ4n) is 3.09. The molecule has 0 aliphatic rings. The minimum Gasteiger partial charge on any atom is -0.399 e. The van der Waals surface area contributed by atoms with E-state index in [4.69, 9.17) is 22.2 Å². The Hall–Kier alpha value is -3.07. The first-order chi connectivity index (χ1) is 14.1. The number of fused-ring (bicyclic) bond motifs is 1. The predicted molar refractivity (Wildman–Crippen MR) is 129 cm³/mol. The fraction of sp³-hybridized carbons (Fsp3) is 0. The lowest BCUT2D eigenvalue weighted by atomic mass is 10.1. The van der Waals surface area contributed by atoms with Gasteiger partial charge in [-0.1, -0.05) is 29.5 Å². The molecular formula is C21H17N5S3. The van der Waals surface area contributed by atoms with Crippen LogP contribution in [0.15, 0.2) is 66.7 Å². The molecular weight excluding hydrogens is 418 g/mol. The topological polar surface area (TPSA) is 94.2 Å². The number of thiophene rings is 2. The highest BCUT2D eigenvalue weighted by atomic mass is 32.1. The van der Waals surface area contributed by atoms with Gasteiger partial charge in [-0.05, 0) is 59.7 Å². The van der Waals surface area contributed by atoms with Gasteiger partial charge in [-0.15, -0.1) is 22.7 Å². The molecule has 8 heteroatoms. The number of thiazole rings is 1. The van der Waals surface area contributed by atoms with Gasteiger partial charge in [0.1, 0.15) is 10.0 Å². The molecule has 0 amide bonds. The third-order valence-electron chi connectivity index (χ3n) is 4.48. The van der Waals surface area contributed by atoms with Crippen molar-refractivity contribution in [1.29, 1.82) is 0 Å². The summed E-state index contributed by atoms with van der Waals surface area (Å²) < 4.78 is 1.12. The number of hydrogen-bond acceptors (Lipinski definition) is 8. The van der Waals surface area contributed by atoms with E-state index < -0.39 is 0 Å². The van der Waals surface area contributed by atoms with Crippen LogP contribution in [0.1, 0.15) is 0 Å². The zero-order valence-corrected chi connectivity index (χ0v) is 17.7. The average Bonchev–Trinajstić information content (AvgIpc) is 3.43. The molecule has 3 aromatic heterocycles. The van der Waals surface area contributed by atoms with E-state index in [1.54, 1.807) is 11.3 Å². The van der Waals surface area contributed by atoms with Crippen molar-refractivity contribution in [1.82, 2.24) is 4.98 Å². The van der Waals surface area contributed by atoms with Crippen molar-refractivity contribution >= 4 is 75.1 Å². The van der Waals surface area contributed by atoms with Crippen LogP contribution in [0.5, 0.6) is 0 Å². The number of hydrogen-bond donors (Lipinski definition) is 3. The lowest BCUT2D eigenvalue weighted by Gasteiger charge is -2.17. The first-order valence-corrected chi connectivity index (χ1v) is 11.3. The second kappa shape index (κ2) is 7.07. The minimum atomic E-state index is 0.756. The molecule has 144 valence electrons. The quantitative estimate of drug-likeness (QED) is 0.288. The molecule has 0 aliphatic heterocycles. The van der Waals surface area contributed by atoms with Gasteiger partial charge >= 0.3 is 0 Å². The Morgan fingerprint density at radius 3 is 1.86 bits per heavy atom. The van der Waals surface area contributed by atoms with Gasteiger partial charge in [0.05, 0.1) is 20.2 Å². The van der Waals surface area contributed by atoms with Gasteiger partial charge in [0, 0.05) is 5.69 Å². The first-order valence-electron chi connectivity index (χ1n) is 8.84. The van der Waals surface area contributed by atoms with Crippen LogP contribution < -0.4 is 22.1 Å². The van der Waals surface area contributed by atoms with Crippen LogP contribution in [0.4, 0.5) is 30.8 Å². The lowest BCUT2D eigenvalue weighted by molar-refractivity contribution is 1.30. The summed E-state index contributed by atoms with van der Waals surface area (Å²) in [5.41, 5.74) is 21.7. The molecule has 0 aliphatic carbocycles. The van der Waals surface area contributed by atoms with Crippen molar-refractivity contribution in [2.24, 2.45) is 0 Å². The van der Waals surface area contributed by atoms with Crippen molar-refractivity contribution in [3.8, 4) is 11.1 Å². The summed E-state index contributed by atoms with van der Waals surface area (Å²) >= 11 is 4.71. The Bertz CT molecular complexity index is 1260. The smallest absolute Gasteiger partial charge is 0.196 e. The summed E-state index contributed by atoms with van der Waals surface area (Å²) in [5, 5.41) is 4.45. The van der Waals surface area contributed by atoms with Gasteiger partial charge in [0.25, 0.3) is 0 Å². The molecule has 0 saturated carbocycles. The first kappa shape index (κ1) is 18.0. The Kier molecular flexibility index (Phi) is 4.39. The van der Waals surface area contributed by atoms with Crippen LogP contribution in [0.25, 0.3) is 21.3 Å². The Labute approximate surface area is 179 Å². The Morgan fingerprint density at radius 1 is 0.655 bits per heavy atom. The Balaban J connectivity index is 1.61. The summed E-state index contributed by atoms with van der Waals surface area (Å²) in [4.78, 5) is 7.06. The average molecular weight is 436 g/mol. The molecule has 0 fully saturated rings. The highest BCUT2D eigenvalue weighted by Gasteiger charge is 2.20. The van der Waals surface area contributed by atoms with E-state index in [-0.39, 0.29) is 0 Å². The normalized spacial score (nSPS) is 11.2. The third-order valence-corrected chi connectivity index (χ3v) is 7.30. The largest absolute Gasteiger partial charge is 0.399 e. The summed E-state index contributed by atoms with van der Waals surface area (Å²) in [6.45, 7) is 0. The second-order valence-electron chi connectivity index (χ2n) is 6.49. The van der Waals surface area contributed by atoms with Gasteiger partial charge in [-0.3, -0.25) is 4.90 Å². The molecule has 0 saturated heterocycles. The highest BCUT2D eigenvalue weighted by Crippen LogP contribution is 2.45. The van der Waals surface area contributed by atoms with Crippen LogP contribution >= 0.6 is 34.0 Å². The number of rotatable bonds is 4. The van der Waals surface area contributed by atoms with Crippen molar-refractivity contribution in [3.63, 3.8) is 0 Å². The van der Waals surface area contributed by atoms with Gasteiger partial charge in [-0.25, -0.2) is 4.98 Å². The van der Waals surface area contributed by atoms with E-state index in [1.165, 1.54) is 22.7 Å². The van der Waals surface area contributed by atoms with Gasteiger partial charge in [-0.2, -0.15) is 0 Å². The van der Waals surface area contributed by atoms with Gasteiger partial charge in [0.2, 0.25) is 0 Å². The van der Waals surface area contributed by atoms with Crippen molar-refractivity contribution < 1.29 is 0 Å². The summed E-state index contributed by atoms with van der Waals surface area (Å²) in [5.74, 6) is 0. The molecule has 3 heterocycles. The van der Waals surface area contributed by atoms with Crippen LogP contribution in [0, 0.1) is 0 Å². The highest BCUT2D eigenvalue weighted by molar-refractivity contribution is 7.25. The molecule has 5 aromatic rings. The monoisotopic (exact) mass is 435 g/mol. The van der Waals surface area contributed by atoms with Gasteiger partial charge < -0.3 is 17.2 Å². The fourth-order valence-corrected chi connectivity index (χ4v) is 5.81. The van der Waals surface area contributed by atoms with E-state index in [2.05, 4.69) is 23.1 Å². The standard InChI is InChI=1S/C21H17N5S3/c22-14-4-1-12(2-5-14)13-3-6-16-15(11-13)25-21(27-16)26(19-9-7-17(23)28-19)20-10-8-18(24)29-20/h1-11H,22-24H2. The summed E-state index contributed by atoms with van der Waals surface area (Å²) in [7, 11) is 0. The molecule has 0 bridgehead atoms. The summed E-state index contributed by atoms with van der Waals surface area (Å²) in [6, 6.07) is 22.1. The molecule has 5 nitrogen and oxygen atoms in total. The number of nitrogen functional groups attached to an aromatic ring is 3. The van der Waals surface area contributed by atoms with E-state index in [9.17, 15) is 0 Å². The maximum absolute atomic E-state index is 5.99. The molecule has 0 radical (unpaired) electrons. The van der Waals surface area contributed by atoms with E-state index >= 15 is 0 Å². The molecule has 29 heavy (non-hydrogen) atoms. The molecule has 0 unspecified atom stereocenters. The van der Waals surface area contributed by atoms with Crippen LogP contribution in [0.2, 0.25) is 0 Å². The molecule has 2 aromatic carbocycles. The number of benzene rings is 2. The third kappa shape index (κ3) is 3.42. The van der Waals surface area contributed by atoms with E-state index in [1.807, 2.05) is 48.5 Å².